The third kappa shape index (κ3) is 5.04. The number of esters is 1. The Morgan fingerprint density at radius 3 is 2.36 bits per heavy atom. The Hall–Kier alpha value is -2.89. The van der Waals surface area contributed by atoms with Gasteiger partial charge in [-0.05, 0) is 31.4 Å². The third-order valence-electron chi connectivity index (χ3n) is 3.61. The summed E-state index contributed by atoms with van der Waals surface area (Å²) in [5, 5.41) is 10.2. The molecule has 6 nitrogen and oxygen atoms in total. The number of Topliss-reactive ketones (excluding diaryl/α,β-unsaturated/α-hetero) is 1. The minimum atomic E-state index is -1.04. The highest BCUT2D eigenvalue weighted by molar-refractivity contribution is 6.08. The van der Waals surface area contributed by atoms with Crippen LogP contribution in [0.1, 0.15) is 37.0 Å². The lowest BCUT2D eigenvalue weighted by atomic mass is 10.0. The summed E-state index contributed by atoms with van der Waals surface area (Å²) in [5.41, 5.74) is 0.621. The van der Waals surface area contributed by atoms with E-state index in [1.54, 1.807) is 19.1 Å². The molecule has 132 valence electrons. The van der Waals surface area contributed by atoms with Gasteiger partial charge in [0.25, 0.3) is 0 Å². The first-order valence-corrected chi connectivity index (χ1v) is 7.95. The number of carbonyl (C=O) groups is 3. The minimum absolute atomic E-state index is 0.0246. The van der Waals surface area contributed by atoms with Crippen LogP contribution in [-0.2, 0) is 14.3 Å². The monoisotopic (exact) mass is 344 g/mol. The van der Waals surface area contributed by atoms with Gasteiger partial charge in [-0.1, -0.05) is 24.3 Å². The first-order valence-electron chi connectivity index (χ1n) is 7.95. The first-order chi connectivity index (χ1) is 11.9. The maximum absolute atomic E-state index is 11.7. The summed E-state index contributed by atoms with van der Waals surface area (Å²) in [6.07, 6.45) is -0.952. The zero-order chi connectivity index (χ0) is 18.4. The smallest absolute Gasteiger partial charge is 0.306 e. The van der Waals surface area contributed by atoms with E-state index in [9.17, 15) is 14.4 Å². The second-order valence-corrected chi connectivity index (χ2v) is 5.72. The summed E-state index contributed by atoms with van der Waals surface area (Å²) < 4.78 is 10.9. The highest BCUT2D eigenvalue weighted by Crippen LogP contribution is 2.29. The highest BCUT2D eigenvalue weighted by atomic mass is 16.6. The second-order valence-electron chi connectivity index (χ2n) is 5.72. The van der Waals surface area contributed by atoms with Crippen LogP contribution in [0.2, 0.25) is 0 Å². The van der Waals surface area contributed by atoms with Crippen LogP contribution in [-0.4, -0.2) is 35.5 Å². The maximum Gasteiger partial charge on any atom is 0.306 e. The van der Waals surface area contributed by atoms with Gasteiger partial charge < -0.3 is 14.6 Å². The van der Waals surface area contributed by atoms with Crippen molar-refractivity contribution in [3.63, 3.8) is 0 Å². The van der Waals surface area contributed by atoms with Gasteiger partial charge in [-0.3, -0.25) is 14.4 Å². The molecular formula is C19H20O6. The molecule has 2 aromatic rings. The highest BCUT2D eigenvalue weighted by Gasteiger charge is 2.14. The van der Waals surface area contributed by atoms with Gasteiger partial charge >= 0.3 is 11.9 Å². The van der Waals surface area contributed by atoms with Crippen molar-refractivity contribution in [3.05, 3.63) is 42.0 Å². The first kappa shape index (κ1) is 18.4. The summed E-state index contributed by atoms with van der Waals surface area (Å²) in [7, 11) is 0. The summed E-state index contributed by atoms with van der Waals surface area (Å²) in [6, 6.07) is 10.9. The molecule has 0 aliphatic rings. The summed E-state index contributed by atoms with van der Waals surface area (Å²) >= 11 is 0. The van der Waals surface area contributed by atoms with E-state index in [0.717, 1.165) is 10.8 Å². The average Bonchev–Trinajstić information content (AvgIpc) is 2.57. The van der Waals surface area contributed by atoms with Crippen molar-refractivity contribution in [3.8, 4) is 5.75 Å². The zero-order valence-corrected chi connectivity index (χ0v) is 14.2. The molecule has 6 heteroatoms. The third-order valence-corrected chi connectivity index (χ3v) is 3.61. The normalized spacial score (nSPS) is 11.8. The van der Waals surface area contributed by atoms with Crippen LogP contribution in [0, 0.1) is 0 Å². The molecular weight excluding hydrogens is 324 g/mol. The Kier molecular flexibility index (Phi) is 6.11. The fourth-order valence-electron chi connectivity index (χ4n) is 2.44. The number of ether oxygens (including phenoxy) is 2. The van der Waals surface area contributed by atoms with Gasteiger partial charge in [0.1, 0.15) is 18.5 Å². The number of benzene rings is 2. The Balaban J connectivity index is 2.04. The SMILES string of the molecule is CC(=O)c1ccc(OC[C@@H](C)OC(=O)CCC(=O)O)c2ccccc12. The number of carbonyl (C=O) groups excluding carboxylic acids is 2. The van der Waals surface area contributed by atoms with E-state index in [1.807, 2.05) is 24.3 Å². The van der Waals surface area contributed by atoms with Crippen LogP contribution < -0.4 is 4.74 Å². The molecule has 2 rings (SSSR count). The molecule has 0 saturated carbocycles. The lowest BCUT2D eigenvalue weighted by molar-refractivity contribution is -0.152. The molecule has 0 radical (unpaired) electrons. The van der Waals surface area contributed by atoms with Crippen molar-refractivity contribution < 1.29 is 29.0 Å². The second kappa shape index (κ2) is 8.28. The number of rotatable bonds is 8. The largest absolute Gasteiger partial charge is 0.489 e. The molecule has 0 amide bonds. The Bertz CT molecular complexity index is 796. The van der Waals surface area contributed by atoms with E-state index in [4.69, 9.17) is 14.6 Å². The molecule has 25 heavy (non-hydrogen) atoms. The van der Waals surface area contributed by atoms with E-state index >= 15 is 0 Å². The van der Waals surface area contributed by atoms with Gasteiger partial charge in [0.15, 0.2) is 5.78 Å². The van der Waals surface area contributed by atoms with Crippen molar-refractivity contribution in [1.29, 1.82) is 0 Å². The van der Waals surface area contributed by atoms with Crippen LogP contribution in [0.5, 0.6) is 5.75 Å². The number of hydrogen-bond donors (Lipinski definition) is 1. The Morgan fingerprint density at radius 2 is 1.72 bits per heavy atom. The summed E-state index contributed by atoms with van der Waals surface area (Å²) in [4.78, 5) is 33.7. The van der Waals surface area contributed by atoms with E-state index in [2.05, 4.69) is 0 Å². The van der Waals surface area contributed by atoms with Gasteiger partial charge in [-0.2, -0.15) is 0 Å². The molecule has 1 N–H and O–H groups in total. The van der Waals surface area contributed by atoms with Gasteiger partial charge in [-0.25, -0.2) is 0 Å². The minimum Gasteiger partial charge on any atom is -0.489 e. The van der Waals surface area contributed by atoms with Gasteiger partial charge in [0, 0.05) is 10.9 Å². The molecule has 0 aromatic heterocycles. The average molecular weight is 344 g/mol. The van der Waals surface area contributed by atoms with Gasteiger partial charge in [0.05, 0.1) is 12.8 Å². The number of carboxylic acid groups (broad SMARTS) is 1. The zero-order valence-electron chi connectivity index (χ0n) is 14.2. The lowest BCUT2D eigenvalue weighted by Crippen LogP contribution is -2.22. The number of ketones is 1. The summed E-state index contributed by atoms with van der Waals surface area (Å²) in [6.45, 7) is 3.31. The number of aliphatic carboxylic acids is 1. The standard InChI is InChI=1S/C19H20O6/c1-12(25-19(23)10-9-18(21)22)11-24-17-8-7-14(13(2)20)15-5-3-4-6-16(15)17/h3-8,12H,9-11H2,1-2H3,(H,21,22)/t12-/m1/s1. The van der Waals surface area contributed by atoms with Crippen molar-refractivity contribution in [2.45, 2.75) is 32.8 Å². The molecule has 1 atom stereocenters. The molecule has 0 fully saturated rings. The predicted octanol–water partition coefficient (Wildman–Crippen LogP) is 3.22. The van der Waals surface area contributed by atoms with Crippen molar-refractivity contribution >= 4 is 28.5 Å². The van der Waals surface area contributed by atoms with Crippen LogP contribution in [0.25, 0.3) is 10.8 Å². The fourth-order valence-corrected chi connectivity index (χ4v) is 2.44. The van der Waals surface area contributed by atoms with Crippen LogP contribution in [0.4, 0.5) is 0 Å². The number of carboxylic acids is 1. The van der Waals surface area contributed by atoms with E-state index in [0.29, 0.717) is 11.3 Å². The fraction of sp³-hybridized carbons (Fsp3) is 0.316. The molecule has 0 bridgehead atoms. The van der Waals surface area contributed by atoms with E-state index < -0.39 is 18.0 Å². The maximum atomic E-state index is 11.7. The molecule has 0 aliphatic heterocycles. The molecule has 0 aliphatic carbocycles. The van der Waals surface area contributed by atoms with Crippen LogP contribution in [0.15, 0.2) is 36.4 Å². The number of hydrogen-bond acceptors (Lipinski definition) is 5. The van der Waals surface area contributed by atoms with E-state index in [-0.39, 0.29) is 25.2 Å². The molecule has 0 heterocycles. The number of fused-ring (bicyclic) bond motifs is 1. The van der Waals surface area contributed by atoms with Crippen LogP contribution in [0.3, 0.4) is 0 Å². The summed E-state index contributed by atoms with van der Waals surface area (Å²) in [5.74, 6) is -1.05. The van der Waals surface area contributed by atoms with E-state index in [1.165, 1.54) is 6.92 Å². The topological polar surface area (TPSA) is 89.9 Å². The molecule has 0 unspecified atom stereocenters. The van der Waals surface area contributed by atoms with Crippen molar-refractivity contribution in [2.75, 3.05) is 6.61 Å². The lowest BCUT2D eigenvalue weighted by Gasteiger charge is -2.16. The predicted molar refractivity (Wildman–Crippen MR) is 91.9 cm³/mol. The molecule has 0 spiro atoms. The Labute approximate surface area is 145 Å². The molecule has 0 saturated heterocycles. The van der Waals surface area contributed by atoms with Crippen LogP contribution >= 0.6 is 0 Å². The molecule has 2 aromatic carbocycles. The van der Waals surface area contributed by atoms with Gasteiger partial charge in [-0.15, -0.1) is 0 Å². The van der Waals surface area contributed by atoms with Crippen molar-refractivity contribution in [1.82, 2.24) is 0 Å². The van der Waals surface area contributed by atoms with Crippen molar-refractivity contribution in [2.24, 2.45) is 0 Å². The van der Waals surface area contributed by atoms with Gasteiger partial charge in [0.2, 0.25) is 0 Å². The Morgan fingerprint density at radius 1 is 1.04 bits per heavy atom. The quantitative estimate of drug-likeness (QED) is 0.584.